The molecular formula is C55H90FNO4. The zero-order chi connectivity index (χ0) is 46.5. The van der Waals surface area contributed by atoms with Crippen molar-refractivity contribution in [3.05, 3.63) is 65.7 Å². The molecule has 1 N–H and O–H groups in total. The Kier molecular flexibility index (Phi) is 21.4. The number of carbonyl (C=O) groups excluding carboxylic acids is 2. The fraction of sp³-hybridized carbons (Fsp3) is 0.727. The van der Waals surface area contributed by atoms with Gasteiger partial charge in [0.25, 0.3) is 0 Å². The van der Waals surface area contributed by atoms with Gasteiger partial charge in [0.1, 0.15) is 18.2 Å². The lowest BCUT2D eigenvalue weighted by atomic mass is 9.42. The molecule has 0 spiro atoms. The van der Waals surface area contributed by atoms with E-state index in [2.05, 4.69) is 75.5 Å². The number of nitrogens with zero attached hydrogens (tertiary/aromatic N) is 1. The molecule has 4 fully saturated rings. The lowest BCUT2D eigenvalue weighted by Gasteiger charge is -2.63. The highest BCUT2D eigenvalue weighted by atomic mass is 19.1. The van der Waals surface area contributed by atoms with Crippen molar-refractivity contribution in [2.45, 2.75) is 187 Å². The highest BCUT2D eigenvalue weighted by Gasteiger charge is 2.59. The van der Waals surface area contributed by atoms with Gasteiger partial charge >= 0.3 is 5.97 Å². The number of ether oxygens (including phenoxy) is 1. The second-order valence-corrected chi connectivity index (χ2v) is 20.4. The Hall–Kier alpha value is -3.02. The van der Waals surface area contributed by atoms with Crippen molar-refractivity contribution in [3.63, 3.8) is 0 Å². The molecule has 5 nitrogen and oxygen atoms in total. The van der Waals surface area contributed by atoms with Crippen LogP contribution < -0.4 is 0 Å². The first-order valence-electron chi connectivity index (χ1n) is 24.3. The Morgan fingerprint density at radius 1 is 0.967 bits per heavy atom. The average molecular weight is 848 g/mol. The average Bonchev–Trinajstić information content (AvgIpc) is 3.21. The standard InChI is InChI=1S/C41H67NO4.C9H9F.C3H8.C2H6/c1-12-26(4)35(42-11)23-41(21-22-43)20-17-30-31-13-15-33-28(6)36(46-37(45)24-39(8,9)29(7)44)18-19-40(33,10)34(31)16-14-32(30)38(41)27(5)25(2)3;1-7(2)8-3-5-9(10)6-4-8;1-3-2;1-2/h22,25-26,28,30-34,36,44H,7,12-21,23-24H2,1-6,8-11H3;3-6H,1H2,2H3;3H2,1-2H3;1-2H3/b38-27+,42-35?;;;. The van der Waals surface area contributed by atoms with Gasteiger partial charge < -0.3 is 14.6 Å². The summed E-state index contributed by atoms with van der Waals surface area (Å²) >= 11 is 0. The van der Waals surface area contributed by atoms with E-state index in [1.54, 1.807) is 17.7 Å². The second kappa shape index (κ2) is 24.2. The van der Waals surface area contributed by atoms with Crippen LogP contribution in [0.5, 0.6) is 0 Å². The van der Waals surface area contributed by atoms with Gasteiger partial charge in [-0.3, -0.25) is 9.79 Å². The van der Waals surface area contributed by atoms with Gasteiger partial charge in [-0.05, 0) is 149 Å². The molecule has 0 heterocycles. The molecule has 4 aliphatic rings. The van der Waals surface area contributed by atoms with Gasteiger partial charge in [0.15, 0.2) is 0 Å². The first kappa shape index (κ1) is 54.1. The van der Waals surface area contributed by atoms with Gasteiger partial charge in [-0.2, -0.15) is 0 Å². The molecule has 0 aliphatic heterocycles. The van der Waals surface area contributed by atoms with Gasteiger partial charge in [0.2, 0.25) is 0 Å². The summed E-state index contributed by atoms with van der Waals surface area (Å²) in [5, 5.41) is 9.95. The van der Waals surface area contributed by atoms with E-state index in [9.17, 15) is 19.1 Å². The van der Waals surface area contributed by atoms with Gasteiger partial charge in [0.05, 0.1) is 12.2 Å². The van der Waals surface area contributed by atoms with Gasteiger partial charge in [0, 0.05) is 30.0 Å². The summed E-state index contributed by atoms with van der Waals surface area (Å²) in [6.07, 6.45) is 14.5. The van der Waals surface area contributed by atoms with Crippen LogP contribution in [0.25, 0.3) is 5.57 Å². The minimum atomic E-state index is -0.677. The predicted molar refractivity (Wildman–Crippen MR) is 258 cm³/mol. The number of carbonyl (C=O) groups is 2. The monoisotopic (exact) mass is 848 g/mol. The zero-order valence-corrected chi connectivity index (χ0v) is 41.7. The molecule has 4 saturated carbocycles. The number of hydrogen-bond acceptors (Lipinski definition) is 5. The van der Waals surface area contributed by atoms with Crippen LogP contribution in [0.15, 0.2) is 59.3 Å². The normalized spacial score (nSPS) is 30.8. The molecule has 0 bridgehead atoms. The second-order valence-electron chi connectivity index (χ2n) is 20.4. The molecule has 5 rings (SSSR count). The maximum Gasteiger partial charge on any atom is 0.307 e. The Labute approximate surface area is 374 Å². The van der Waals surface area contributed by atoms with Gasteiger partial charge in [-0.25, -0.2) is 4.39 Å². The summed E-state index contributed by atoms with van der Waals surface area (Å²) in [6, 6.07) is 6.31. The summed E-state index contributed by atoms with van der Waals surface area (Å²) in [5.41, 5.74) is 5.89. The first-order valence-corrected chi connectivity index (χ1v) is 24.3. The van der Waals surface area contributed by atoms with Crippen LogP contribution in [-0.4, -0.2) is 36.2 Å². The minimum absolute atomic E-state index is 0.0322. The number of esters is 1. The van der Waals surface area contributed by atoms with E-state index in [4.69, 9.17) is 9.73 Å². The summed E-state index contributed by atoms with van der Waals surface area (Å²) in [5.74, 6) is 4.08. The molecule has 4 aliphatic carbocycles. The van der Waals surface area contributed by atoms with Crippen molar-refractivity contribution < 1.29 is 23.8 Å². The number of hydrogen-bond donors (Lipinski definition) is 1. The van der Waals surface area contributed by atoms with Crippen molar-refractivity contribution in [1.82, 2.24) is 0 Å². The fourth-order valence-corrected chi connectivity index (χ4v) is 11.8. The summed E-state index contributed by atoms with van der Waals surface area (Å²) < 4.78 is 18.5. The Bertz CT molecular complexity index is 1640. The van der Waals surface area contributed by atoms with Gasteiger partial charge in [-0.1, -0.05) is 132 Å². The van der Waals surface area contributed by atoms with E-state index in [1.165, 1.54) is 68.2 Å². The molecule has 0 radical (unpaired) electrons. The molecule has 0 aromatic heterocycles. The van der Waals surface area contributed by atoms with Crippen LogP contribution >= 0.6 is 0 Å². The minimum Gasteiger partial charge on any atom is -0.512 e. The number of rotatable bonds is 12. The highest BCUT2D eigenvalue weighted by Crippen LogP contribution is 2.67. The quantitative estimate of drug-likeness (QED) is 0.0747. The van der Waals surface area contributed by atoms with Crippen molar-refractivity contribution in [2.75, 3.05) is 7.05 Å². The van der Waals surface area contributed by atoms with E-state index in [0.717, 1.165) is 49.2 Å². The Balaban J connectivity index is 0.000000726. The molecule has 6 heteroatoms. The van der Waals surface area contributed by atoms with Gasteiger partial charge in [-0.15, -0.1) is 0 Å². The van der Waals surface area contributed by atoms with E-state index in [1.807, 2.05) is 41.7 Å². The molecule has 0 saturated heterocycles. The number of aldehydes is 1. The summed E-state index contributed by atoms with van der Waals surface area (Å²) in [6.45, 7) is 37.7. The van der Waals surface area contributed by atoms with Crippen LogP contribution in [0.3, 0.4) is 0 Å². The van der Waals surface area contributed by atoms with E-state index < -0.39 is 5.41 Å². The van der Waals surface area contributed by atoms with Crippen LogP contribution in [0.4, 0.5) is 4.39 Å². The lowest BCUT2D eigenvalue weighted by Crippen LogP contribution is -2.57. The Morgan fingerprint density at radius 3 is 2.07 bits per heavy atom. The van der Waals surface area contributed by atoms with E-state index >= 15 is 0 Å². The van der Waals surface area contributed by atoms with Crippen LogP contribution in [0, 0.1) is 69.4 Å². The first-order chi connectivity index (χ1) is 28.7. The molecule has 10 unspecified atom stereocenters. The lowest BCUT2D eigenvalue weighted by molar-refractivity contribution is -0.173. The number of aliphatic hydroxyl groups excluding tert-OH is 1. The third-order valence-corrected chi connectivity index (χ3v) is 15.7. The van der Waals surface area contributed by atoms with Crippen molar-refractivity contribution >= 4 is 23.5 Å². The third kappa shape index (κ3) is 13.0. The highest BCUT2D eigenvalue weighted by molar-refractivity contribution is 5.87. The number of aliphatic imine (C=N–C) groups is 1. The molecule has 1 aromatic rings. The molecule has 61 heavy (non-hydrogen) atoms. The third-order valence-electron chi connectivity index (χ3n) is 15.7. The SMILES string of the molecule is C=C(C)c1ccc(F)cc1.C=C(O)C(C)(C)CC(=O)OC1CCC2(C)C(CCC3C4CCC(CC=O)(CC(=NC)C(C)CC)/C(=C(\C)C(C)C)C4CCC32)C1C.CC.CCC. The number of allylic oxidation sites excluding steroid dienone is 4. The van der Waals surface area contributed by atoms with E-state index in [-0.39, 0.29) is 40.9 Å². The number of fused-ring (bicyclic) bond motifs is 5. The van der Waals surface area contributed by atoms with Crippen molar-refractivity contribution in [3.8, 4) is 0 Å². The smallest absolute Gasteiger partial charge is 0.307 e. The molecule has 0 amide bonds. The molecular weight excluding hydrogens is 758 g/mol. The number of halogens is 1. The molecule has 346 valence electrons. The largest absolute Gasteiger partial charge is 0.512 e. The maximum absolute atomic E-state index is 13.0. The number of aliphatic hydroxyl groups is 1. The Morgan fingerprint density at radius 2 is 1.56 bits per heavy atom. The van der Waals surface area contributed by atoms with E-state index in [0.29, 0.717) is 47.8 Å². The van der Waals surface area contributed by atoms with Crippen LogP contribution in [-0.2, 0) is 14.3 Å². The molecule has 10 atom stereocenters. The van der Waals surface area contributed by atoms with Crippen molar-refractivity contribution in [1.29, 1.82) is 0 Å². The van der Waals surface area contributed by atoms with Crippen molar-refractivity contribution in [2.24, 2.45) is 68.6 Å². The fourth-order valence-electron chi connectivity index (χ4n) is 11.8. The summed E-state index contributed by atoms with van der Waals surface area (Å²) in [7, 11) is 1.95. The number of benzene rings is 1. The van der Waals surface area contributed by atoms with Crippen LogP contribution in [0.1, 0.15) is 186 Å². The summed E-state index contributed by atoms with van der Waals surface area (Å²) in [4.78, 5) is 30.2. The van der Waals surface area contributed by atoms with Crippen LogP contribution in [0.2, 0.25) is 0 Å². The maximum atomic E-state index is 13.0. The zero-order valence-electron chi connectivity index (χ0n) is 41.7. The predicted octanol–water partition coefficient (Wildman–Crippen LogP) is 15.6. The topological polar surface area (TPSA) is 76.0 Å². The molecule has 1 aromatic carbocycles.